The van der Waals surface area contributed by atoms with E-state index in [1.165, 1.54) is 6.07 Å². The number of anilines is 1. The maximum Gasteiger partial charge on any atom is 0.416 e. The molecular weight excluding hydrogens is 321 g/mol. The fourth-order valence-corrected chi connectivity index (χ4v) is 2.22. The number of amides is 1. The van der Waals surface area contributed by atoms with Gasteiger partial charge >= 0.3 is 6.18 Å². The minimum Gasteiger partial charge on any atom is -0.370 e. The van der Waals surface area contributed by atoms with Crippen molar-refractivity contribution in [3.8, 4) is 6.07 Å². The molecule has 1 aliphatic rings. The smallest absolute Gasteiger partial charge is 0.370 e. The maximum absolute atomic E-state index is 12.6. The van der Waals surface area contributed by atoms with Crippen LogP contribution in [-0.2, 0) is 11.0 Å². The van der Waals surface area contributed by atoms with E-state index in [1.807, 2.05) is 17.9 Å². The first-order chi connectivity index (χ1) is 11.2. The van der Waals surface area contributed by atoms with Gasteiger partial charge in [0.2, 0.25) is 5.91 Å². The van der Waals surface area contributed by atoms with Crippen molar-refractivity contribution >= 4 is 11.6 Å². The van der Waals surface area contributed by atoms with Gasteiger partial charge < -0.3 is 16.4 Å². The van der Waals surface area contributed by atoms with Crippen LogP contribution >= 0.6 is 0 Å². The molecule has 8 heteroatoms. The van der Waals surface area contributed by atoms with Crippen molar-refractivity contribution in [2.75, 3.05) is 18.0 Å². The highest BCUT2D eigenvalue weighted by Crippen LogP contribution is 2.34. The van der Waals surface area contributed by atoms with Gasteiger partial charge in [0.1, 0.15) is 6.07 Å². The molecule has 5 nitrogen and oxygen atoms in total. The zero-order chi connectivity index (χ0) is 18.3. The van der Waals surface area contributed by atoms with Crippen molar-refractivity contribution in [3.63, 3.8) is 0 Å². The Kier molecular flexibility index (Phi) is 7.04. The number of rotatable bonds is 3. The molecule has 0 aliphatic carbocycles. The van der Waals surface area contributed by atoms with Crippen LogP contribution in [0.2, 0.25) is 0 Å². The average Bonchev–Trinajstić information content (AvgIpc) is 3.07. The fourth-order valence-electron chi connectivity index (χ4n) is 2.22. The van der Waals surface area contributed by atoms with Crippen molar-refractivity contribution in [2.24, 2.45) is 11.5 Å². The number of nitrogens with two attached hydrogens (primary N) is 2. The summed E-state index contributed by atoms with van der Waals surface area (Å²) >= 11 is 0. The summed E-state index contributed by atoms with van der Waals surface area (Å²) in [5.41, 5.74) is 9.94. The monoisotopic (exact) mass is 342 g/mol. The second-order valence-electron chi connectivity index (χ2n) is 5.45. The van der Waals surface area contributed by atoms with E-state index in [9.17, 15) is 18.0 Å². The number of hydrogen-bond donors (Lipinski definition) is 2. The van der Waals surface area contributed by atoms with E-state index in [1.54, 1.807) is 0 Å². The van der Waals surface area contributed by atoms with Gasteiger partial charge in [0.25, 0.3) is 0 Å². The van der Waals surface area contributed by atoms with Gasteiger partial charge in [-0.05, 0) is 37.5 Å². The van der Waals surface area contributed by atoms with Crippen LogP contribution in [0.15, 0.2) is 18.2 Å². The standard InChI is InChI=1S/C12H11F3N2.C4H10N2O/c13-12(14,15)10-4-3-9(8-16)11(7-10)17-5-1-2-6-17;1-2-3(5)4(6)7/h3-4,7H,1-2,5-6H2;3H,2,5H2,1H3,(H2,6,7)/t;3-/m.0/s1. The number of hydrogen-bond acceptors (Lipinski definition) is 4. The van der Waals surface area contributed by atoms with Gasteiger partial charge in [-0.25, -0.2) is 0 Å². The molecule has 1 amide bonds. The minimum atomic E-state index is -4.36. The molecule has 1 fully saturated rings. The van der Waals surface area contributed by atoms with Crippen LogP contribution in [0.5, 0.6) is 0 Å². The van der Waals surface area contributed by atoms with Gasteiger partial charge in [-0.1, -0.05) is 6.92 Å². The van der Waals surface area contributed by atoms with Crippen LogP contribution in [0.1, 0.15) is 37.3 Å². The van der Waals surface area contributed by atoms with E-state index in [4.69, 9.17) is 16.7 Å². The number of halogens is 3. The maximum atomic E-state index is 12.6. The van der Waals surface area contributed by atoms with E-state index in [0.29, 0.717) is 17.7 Å². The van der Waals surface area contributed by atoms with E-state index >= 15 is 0 Å². The van der Waals surface area contributed by atoms with E-state index in [2.05, 4.69) is 0 Å². The molecule has 132 valence electrons. The van der Waals surface area contributed by atoms with Crippen LogP contribution in [-0.4, -0.2) is 25.0 Å². The molecule has 24 heavy (non-hydrogen) atoms. The van der Waals surface area contributed by atoms with Crippen LogP contribution in [0, 0.1) is 11.3 Å². The van der Waals surface area contributed by atoms with Crippen molar-refractivity contribution < 1.29 is 18.0 Å². The second kappa shape index (κ2) is 8.55. The molecule has 1 aliphatic heterocycles. The summed E-state index contributed by atoms with van der Waals surface area (Å²) in [6.45, 7) is 3.25. The van der Waals surface area contributed by atoms with Gasteiger partial charge in [0.05, 0.1) is 22.9 Å². The normalized spacial score (nSPS) is 15.2. The van der Waals surface area contributed by atoms with Gasteiger partial charge in [0, 0.05) is 13.1 Å². The number of carbonyl (C=O) groups is 1. The largest absolute Gasteiger partial charge is 0.416 e. The Bertz CT molecular complexity index is 604. The highest BCUT2D eigenvalue weighted by Gasteiger charge is 2.31. The quantitative estimate of drug-likeness (QED) is 0.881. The molecule has 1 saturated heterocycles. The van der Waals surface area contributed by atoms with Crippen molar-refractivity contribution in [1.29, 1.82) is 5.26 Å². The summed E-state index contributed by atoms with van der Waals surface area (Å²) in [6, 6.07) is 4.76. The summed E-state index contributed by atoms with van der Waals surface area (Å²) in [4.78, 5) is 11.9. The summed E-state index contributed by atoms with van der Waals surface area (Å²) in [5.74, 6) is -0.428. The van der Waals surface area contributed by atoms with Crippen LogP contribution in [0.4, 0.5) is 18.9 Å². The SMILES string of the molecule is CC[C@H](N)C(N)=O.N#Cc1ccc(C(F)(F)F)cc1N1CCCC1. The molecule has 1 aromatic carbocycles. The lowest BCUT2D eigenvalue weighted by molar-refractivity contribution is -0.137. The molecule has 0 bridgehead atoms. The van der Waals surface area contributed by atoms with E-state index in [0.717, 1.165) is 38.1 Å². The lowest BCUT2D eigenvalue weighted by atomic mass is 10.1. The van der Waals surface area contributed by atoms with Crippen LogP contribution in [0.25, 0.3) is 0 Å². The predicted octanol–water partition coefficient (Wildman–Crippen LogP) is 2.39. The first-order valence-corrected chi connectivity index (χ1v) is 7.61. The van der Waals surface area contributed by atoms with Gasteiger partial charge in [0.15, 0.2) is 0 Å². The second-order valence-corrected chi connectivity index (χ2v) is 5.45. The first-order valence-electron chi connectivity index (χ1n) is 7.61. The van der Waals surface area contributed by atoms with E-state index < -0.39 is 23.7 Å². The Morgan fingerprint density at radius 1 is 1.38 bits per heavy atom. The summed E-state index contributed by atoms with van der Waals surface area (Å²) in [5, 5.41) is 8.91. The average molecular weight is 342 g/mol. The zero-order valence-electron chi connectivity index (χ0n) is 13.4. The Labute approximate surface area is 139 Å². The Morgan fingerprint density at radius 3 is 2.33 bits per heavy atom. The molecule has 0 spiro atoms. The highest BCUT2D eigenvalue weighted by atomic mass is 19.4. The molecule has 1 heterocycles. The fraction of sp³-hybridized carbons (Fsp3) is 0.500. The number of benzene rings is 1. The lowest BCUT2D eigenvalue weighted by Crippen LogP contribution is -2.35. The summed E-state index contributed by atoms with van der Waals surface area (Å²) in [7, 11) is 0. The Hall–Kier alpha value is -2.27. The van der Waals surface area contributed by atoms with Crippen LogP contribution < -0.4 is 16.4 Å². The number of nitriles is 1. The van der Waals surface area contributed by atoms with Gasteiger partial charge in [-0.3, -0.25) is 4.79 Å². The molecule has 4 N–H and O–H groups in total. The third-order valence-corrected chi connectivity index (χ3v) is 3.70. The Balaban J connectivity index is 0.000000351. The molecule has 0 radical (unpaired) electrons. The van der Waals surface area contributed by atoms with E-state index in [-0.39, 0.29) is 0 Å². The Morgan fingerprint density at radius 2 is 1.96 bits per heavy atom. The van der Waals surface area contributed by atoms with Crippen LogP contribution in [0.3, 0.4) is 0 Å². The first kappa shape index (κ1) is 19.8. The predicted molar refractivity (Wildman–Crippen MR) is 85.1 cm³/mol. The molecule has 0 aromatic heterocycles. The molecule has 0 unspecified atom stereocenters. The molecule has 1 aromatic rings. The summed E-state index contributed by atoms with van der Waals surface area (Å²) < 4.78 is 37.8. The third kappa shape index (κ3) is 5.42. The number of primary amides is 1. The summed E-state index contributed by atoms with van der Waals surface area (Å²) in [6.07, 6.45) is -1.82. The minimum absolute atomic E-state index is 0.305. The van der Waals surface area contributed by atoms with Crippen molar-refractivity contribution in [2.45, 2.75) is 38.4 Å². The zero-order valence-corrected chi connectivity index (χ0v) is 13.4. The van der Waals surface area contributed by atoms with Crippen molar-refractivity contribution in [1.82, 2.24) is 0 Å². The number of nitrogens with zero attached hydrogens (tertiary/aromatic N) is 2. The number of alkyl halides is 3. The molecule has 1 atom stereocenters. The molecule has 0 saturated carbocycles. The lowest BCUT2D eigenvalue weighted by Gasteiger charge is -2.20. The number of carbonyl (C=O) groups excluding carboxylic acids is 1. The van der Waals surface area contributed by atoms with Gasteiger partial charge in [-0.15, -0.1) is 0 Å². The topological polar surface area (TPSA) is 96.1 Å². The van der Waals surface area contributed by atoms with Gasteiger partial charge in [-0.2, -0.15) is 18.4 Å². The third-order valence-electron chi connectivity index (χ3n) is 3.70. The van der Waals surface area contributed by atoms with Crippen molar-refractivity contribution in [3.05, 3.63) is 29.3 Å². The molecule has 2 rings (SSSR count). The highest BCUT2D eigenvalue weighted by molar-refractivity contribution is 5.79. The molecular formula is C16H21F3N4O.